The maximum absolute atomic E-state index is 10.8. The van der Waals surface area contributed by atoms with Crippen molar-refractivity contribution in [2.75, 3.05) is 11.5 Å². The molecule has 0 saturated carbocycles. The predicted octanol–water partition coefficient (Wildman–Crippen LogP) is 15.8. The molecule has 0 aliphatic rings. The van der Waals surface area contributed by atoms with E-state index >= 15 is 0 Å². The minimum absolute atomic E-state index is 0. The molecule has 0 saturated heterocycles. The van der Waals surface area contributed by atoms with Crippen LogP contribution >= 0.6 is 34.2 Å². The Morgan fingerprint density at radius 3 is 0.509 bits per heavy atom. The van der Waals surface area contributed by atoms with Crippen LogP contribution in [0.3, 0.4) is 0 Å². The third-order valence-electron chi connectivity index (χ3n) is 11.0. The fourth-order valence-electron chi connectivity index (χ4n) is 7.42. The van der Waals surface area contributed by atoms with Crippen LogP contribution in [0.4, 0.5) is 0 Å². The van der Waals surface area contributed by atoms with Gasteiger partial charge < -0.3 is 19.6 Å². The van der Waals surface area contributed by atoms with Crippen molar-refractivity contribution in [3.63, 3.8) is 0 Å². The molecule has 11 heteroatoms. The van der Waals surface area contributed by atoms with E-state index in [9.17, 15) is 19.6 Å². The molecular weight excluding hydrogens is 903 g/mol. The van der Waals surface area contributed by atoms with Crippen LogP contribution in [0.5, 0.6) is 0 Å². The summed E-state index contributed by atoms with van der Waals surface area (Å²) in [6.45, 7) is 4.57. The van der Waals surface area contributed by atoms with Crippen molar-refractivity contribution >= 4 is 57.8 Å². The van der Waals surface area contributed by atoms with Gasteiger partial charge in [0.05, 0.1) is 0 Å². The predicted molar refractivity (Wildman–Crippen MR) is 259 cm³/mol. The van der Waals surface area contributed by atoms with Gasteiger partial charge in [-0.2, -0.15) is 34.2 Å². The van der Waals surface area contributed by atoms with Gasteiger partial charge in [-0.25, -0.2) is 0 Å². The zero-order valence-electron chi connectivity index (χ0n) is 37.7. The standard InChI is InChI=1S/2C23H49O2PS2.Mo/c2*1-2-3-4-5-6-7-8-9-10-11-12-13-14-15-16-17-18-19-20-21-22-23-28-26(24,25)27;/h2*2-23H2,1H3,(H2,24,25,27);/q;;+4/p-4. The minimum Gasteiger partial charge on any atom is -0.825 e. The third kappa shape index (κ3) is 67.8. The zero-order chi connectivity index (χ0) is 41.5. The molecule has 342 valence electrons. The Labute approximate surface area is 390 Å². The van der Waals surface area contributed by atoms with E-state index in [2.05, 4.69) is 37.5 Å². The van der Waals surface area contributed by atoms with Crippen molar-refractivity contribution in [3.8, 4) is 0 Å². The van der Waals surface area contributed by atoms with Gasteiger partial charge in [0, 0.05) is 0 Å². The molecule has 0 spiro atoms. The largest absolute Gasteiger partial charge is 4.00 e. The third-order valence-corrected chi connectivity index (χ3v) is 17.5. The first-order valence-electron chi connectivity index (χ1n) is 24.5. The maximum atomic E-state index is 10.8. The average Bonchev–Trinajstić information content (AvgIpc) is 3.15. The second kappa shape index (κ2) is 52.9. The molecule has 0 aromatic heterocycles. The van der Waals surface area contributed by atoms with Crippen molar-refractivity contribution < 1.29 is 40.6 Å². The van der Waals surface area contributed by atoms with Crippen LogP contribution in [0, 0.1) is 0 Å². The fraction of sp³-hybridized carbons (Fsp3) is 1.00. The average molecular weight is 997 g/mol. The summed E-state index contributed by atoms with van der Waals surface area (Å²) < 4.78 is 0. The second-order valence-electron chi connectivity index (χ2n) is 16.7. The van der Waals surface area contributed by atoms with Crippen molar-refractivity contribution in [2.24, 2.45) is 0 Å². The molecule has 0 N–H and O–H groups in total. The summed E-state index contributed by atoms with van der Waals surface area (Å²) in [6, 6.07) is 0. The van der Waals surface area contributed by atoms with E-state index in [-0.39, 0.29) is 21.1 Å². The SMILES string of the molecule is CCCCCCCCCCCCCCCCCCCCCCCSP([O-])([O-])=S.CCCCCCCCCCCCCCCCCCCCCCCSP([O-])([O-])=S.[Mo+4]. The molecule has 0 aliphatic carbocycles. The Kier molecular flexibility index (Phi) is 59.2. The zero-order valence-corrected chi connectivity index (χ0v) is 44.7. The normalized spacial score (nSPS) is 11.8. The van der Waals surface area contributed by atoms with Gasteiger partial charge in [0.2, 0.25) is 0 Å². The number of hydrogen-bond acceptors (Lipinski definition) is 8. The molecule has 0 aromatic rings. The molecule has 0 fully saturated rings. The summed E-state index contributed by atoms with van der Waals surface area (Å²) in [7, 11) is 0. The Balaban J connectivity index is -0.00000101. The Morgan fingerprint density at radius 1 is 0.263 bits per heavy atom. The first-order valence-corrected chi connectivity index (χ1v) is 32.9. The summed E-state index contributed by atoms with van der Waals surface area (Å²) >= 11 is 10.6. The van der Waals surface area contributed by atoms with E-state index in [4.69, 9.17) is 0 Å². The van der Waals surface area contributed by atoms with Gasteiger partial charge in [-0.05, 0) is 24.3 Å². The van der Waals surface area contributed by atoms with Crippen LogP contribution in [0.2, 0.25) is 0 Å². The second-order valence-corrected chi connectivity index (χ2v) is 28.5. The minimum atomic E-state index is -3.51. The summed E-state index contributed by atoms with van der Waals surface area (Å²) in [6.07, 6.45) is 57.7. The molecule has 0 heterocycles. The molecular formula is C46H94MoO4P2S4. The number of hydrogen-bond donors (Lipinski definition) is 0. The van der Waals surface area contributed by atoms with Crippen molar-refractivity contribution in [1.82, 2.24) is 0 Å². The smallest absolute Gasteiger partial charge is 0.825 e. The topological polar surface area (TPSA) is 92.2 Å². The first kappa shape index (κ1) is 63.8. The van der Waals surface area contributed by atoms with E-state index in [1.54, 1.807) is 0 Å². The Morgan fingerprint density at radius 2 is 0.386 bits per heavy atom. The van der Waals surface area contributed by atoms with Crippen LogP contribution in [0.15, 0.2) is 0 Å². The fourth-order valence-corrected chi connectivity index (χ4v) is 12.0. The van der Waals surface area contributed by atoms with Crippen molar-refractivity contribution in [1.29, 1.82) is 0 Å². The molecule has 0 aliphatic heterocycles. The van der Waals surface area contributed by atoms with E-state index in [0.717, 1.165) is 48.4 Å². The summed E-state index contributed by atoms with van der Waals surface area (Å²) in [5.74, 6) is 1.34. The quantitative estimate of drug-likeness (QED) is 0.0338. The van der Waals surface area contributed by atoms with Crippen LogP contribution in [0.25, 0.3) is 0 Å². The van der Waals surface area contributed by atoms with Gasteiger partial charge >= 0.3 is 21.1 Å². The van der Waals surface area contributed by atoms with Gasteiger partial charge in [-0.15, -0.1) is 23.6 Å². The van der Waals surface area contributed by atoms with E-state index < -0.39 is 11.4 Å². The summed E-state index contributed by atoms with van der Waals surface area (Å²) in [4.78, 5) is 43.4. The van der Waals surface area contributed by atoms with E-state index in [1.165, 1.54) is 244 Å². The molecule has 0 radical (unpaired) electrons. The van der Waals surface area contributed by atoms with Crippen molar-refractivity contribution in [2.45, 2.75) is 284 Å². The van der Waals surface area contributed by atoms with Gasteiger partial charge in [-0.3, -0.25) is 0 Å². The first-order chi connectivity index (χ1) is 27.1. The van der Waals surface area contributed by atoms with Crippen LogP contribution < -0.4 is 19.6 Å². The monoisotopic (exact) mass is 998 g/mol. The van der Waals surface area contributed by atoms with Crippen LogP contribution in [0.1, 0.15) is 284 Å². The van der Waals surface area contributed by atoms with Gasteiger partial charge in [0.25, 0.3) is 0 Å². The maximum Gasteiger partial charge on any atom is 4.00 e. The number of rotatable bonds is 46. The van der Waals surface area contributed by atoms with Gasteiger partial charge in [0.15, 0.2) is 0 Å². The number of unbranched alkanes of at least 4 members (excludes halogenated alkanes) is 40. The summed E-state index contributed by atoms with van der Waals surface area (Å²) in [5, 5.41) is 0. The Bertz CT molecular complexity index is 768. The molecule has 0 rings (SSSR count). The molecule has 0 unspecified atom stereocenters. The molecule has 0 atom stereocenters. The van der Waals surface area contributed by atoms with Crippen LogP contribution in [-0.2, 0) is 44.7 Å². The molecule has 0 amide bonds. The van der Waals surface area contributed by atoms with Gasteiger partial charge in [0.1, 0.15) is 0 Å². The van der Waals surface area contributed by atoms with Crippen molar-refractivity contribution in [3.05, 3.63) is 0 Å². The van der Waals surface area contributed by atoms with Gasteiger partial charge in [-0.1, -0.05) is 271 Å². The summed E-state index contributed by atoms with van der Waals surface area (Å²) in [5.41, 5.74) is -7.02. The molecule has 0 bridgehead atoms. The van der Waals surface area contributed by atoms with Crippen LogP contribution in [-0.4, -0.2) is 11.5 Å². The van der Waals surface area contributed by atoms with E-state index in [1.807, 2.05) is 0 Å². The van der Waals surface area contributed by atoms with E-state index in [0.29, 0.717) is 11.5 Å². The Hall–Kier alpha value is 2.53. The molecule has 57 heavy (non-hydrogen) atoms. The molecule has 0 aromatic carbocycles. The molecule has 4 nitrogen and oxygen atoms in total.